The SMILES string of the molecule is CCCCCCCCC1(CCCCCCC)c2ccccc2-c2ccc(-c3cc(C)c(-c4ccc(-c5cc6c(c7ccccc57)-c5cc7c(cc5C6(C)C)-c5cc6c(cc5C7(C)C)-c5ccc(-c7ccc(-c8cc(C)c(-c9ccc%10c(c9)C(CCCCCCCC)(CCCCCCCC)c9ccccc9-%10)cc8C)cc7)cc5C6(C)C)cc4)cc3C)cc21. The van der Waals surface area contributed by atoms with E-state index in [-0.39, 0.29) is 27.1 Å². The van der Waals surface area contributed by atoms with Crippen LogP contribution in [0.3, 0.4) is 0 Å². The van der Waals surface area contributed by atoms with Crippen LogP contribution < -0.4 is 0 Å². The van der Waals surface area contributed by atoms with Crippen molar-refractivity contribution in [2.75, 3.05) is 0 Å². The lowest BCUT2D eigenvalue weighted by Crippen LogP contribution is -2.25. The molecular formula is C122H134. The zero-order valence-corrected chi connectivity index (χ0v) is 76.5. The van der Waals surface area contributed by atoms with Crippen LogP contribution in [0.5, 0.6) is 0 Å². The number of hydrogen-bond donors (Lipinski definition) is 0. The Kier molecular flexibility index (Phi) is 23.1. The Morgan fingerprint density at radius 1 is 0.180 bits per heavy atom. The summed E-state index contributed by atoms with van der Waals surface area (Å²) >= 11 is 0. The van der Waals surface area contributed by atoms with Crippen LogP contribution in [0.4, 0.5) is 0 Å². The highest BCUT2D eigenvalue weighted by molar-refractivity contribution is 6.10. The molecular weight excluding hydrogens is 1470 g/mol. The summed E-state index contributed by atoms with van der Waals surface area (Å²) < 4.78 is 0. The average molecular weight is 1600 g/mol. The lowest BCUT2D eigenvalue weighted by molar-refractivity contribution is 0.398. The predicted octanol–water partition coefficient (Wildman–Crippen LogP) is 36.1. The molecule has 0 spiro atoms. The second-order valence-corrected chi connectivity index (χ2v) is 40.0. The Labute approximate surface area is 733 Å². The van der Waals surface area contributed by atoms with Gasteiger partial charge in [-0.25, -0.2) is 0 Å². The third kappa shape index (κ3) is 14.5. The molecule has 0 nitrogen and oxygen atoms in total. The molecule has 0 bridgehead atoms. The highest BCUT2D eigenvalue weighted by Gasteiger charge is 2.48. The number of benzene rings is 13. The Bertz CT molecular complexity index is 6090. The van der Waals surface area contributed by atoms with E-state index in [2.05, 4.69) is 327 Å². The monoisotopic (exact) mass is 1600 g/mol. The summed E-state index contributed by atoms with van der Waals surface area (Å²) in [5.41, 5.74) is 49.6. The molecule has 0 N–H and O–H groups in total. The molecule has 0 amide bonds. The van der Waals surface area contributed by atoms with Crippen LogP contribution in [0.2, 0.25) is 0 Å². The third-order valence-corrected chi connectivity index (χ3v) is 31.2. The summed E-state index contributed by atoms with van der Waals surface area (Å²) in [7, 11) is 0. The minimum Gasteiger partial charge on any atom is -0.0654 e. The van der Waals surface area contributed by atoms with Gasteiger partial charge in [0.15, 0.2) is 0 Å². The zero-order chi connectivity index (χ0) is 84.4. The van der Waals surface area contributed by atoms with Gasteiger partial charge in [-0.2, -0.15) is 0 Å². The Hall–Kier alpha value is -9.88. The first kappa shape index (κ1) is 83.0. The molecule has 122 heavy (non-hydrogen) atoms. The minimum absolute atomic E-state index is 0.0573. The molecule has 5 aliphatic rings. The van der Waals surface area contributed by atoms with E-state index < -0.39 is 0 Å². The normalized spacial score (nSPS) is 15.8. The molecule has 622 valence electrons. The van der Waals surface area contributed by atoms with Crippen molar-refractivity contribution in [3.8, 4) is 122 Å². The van der Waals surface area contributed by atoms with Crippen molar-refractivity contribution in [3.05, 3.63) is 308 Å². The van der Waals surface area contributed by atoms with Gasteiger partial charge in [-0.05, 0) is 313 Å². The topological polar surface area (TPSA) is 0 Å². The van der Waals surface area contributed by atoms with Gasteiger partial charge >= 0.3 is 0 Å². The first-order valence-corrected chi connectivity index (χ1v) is 48.3. The Morgan fingerprint density at radius 3 is 0.869 bits per heavy atom. The van der Waals surface area contributed by atoms with Crippen molar-refractivity contribution >= 4 is 10.8 Å². The van der Waals surface area contributed by atoms with Crippen LogP contribution in [0, 0.1) is 27.7 Å². The maximum absolute atomic E-state index is 2.64. The first-order valence-electron chi connectivity index (χ1n) is 48.3. The second-order valence-electron chi connectivity index (χ2n) is 40.0. The van der Waals surface area contributed by atoms with Crippen molar-refractivity contribution in [2.24, 2.45) is 0 Å². The number of aryl methyl sites for hydroxylation is 4. The predicted molar refractivity (Wildman–Crippen MR) is 528 cm³/mol. The quantitative estimate of drug-likeness (QED) is 0.0360. The molecule has 0 saturated carbocycles. The van der Waals surface area contributed by atoms with Crippen LogP contribution in [-0.4, -0.2) is 0 Å². The molecule has 0 heterocycles. The van der Waals surface area contributed by atoms with Crippen molar-refractivity contribution in [2.45, 2.75) is 297 Å². The van der Waals surface area contributed by atoms with Crippen LogP contribution in [0.1, 0.15) is 320 Å². The van der Waals surface area contributed by atoms with Crippen LogP contribution in [0.15, 0.2) is 231 Å². The molecule has 0 saturated heterocycles. The molecule has 5 aliphatic carbocycles. The van der Waals surface area contributed by atoms with Crippen molar-refractivity contribution in [3.63, 3.8) is 0 Å². The van der Waals surface area contributed by atoms with Gasteiger partial charge in [-0.1, -0.05) is 399 Å². The average Bonchev–Trinajstić information content (AvgIpc) is 1.52. The van der Waals surface area contributed by atoms with E-state index >= 15 is 0 Å². The number of fused-ring (bicyclic) bond motifs is 17. The summed E-state index contributed by atoms with van der Waals surface area (Å²) in [4.78, 5) is 0. The molecule has 13 aromatic carbocycles. The first-order chi connectivity index (χ1) is 59.2. The fourth-order valence-electron chi connectivity index (χ4n) is 24.2. The van der Waals surface area contributed by atoms with Gasteiger partial charge < -0.3 is 0 Å². The summed E-state index contributed by atoms with van der Waals surface area (Å²) in [5.74, 6) is 0. The lowest BCUT2D eigenvalue weighted by atomic mass is 9.70. The molecule has 0 aromatic heterocycles. The largest absolute Gasteiger partial charge is 0.0654 e. The fraction of sp³-hybridized carbons (Fsp3) is 0.377. The Morgan fingerprint density at radius 2 is 0.451 bits per heavy atom. The van der Waals surface area contributed by atoms with Crippen LogP contribution in [0.25, 0.3) is 133 Å². The van der Waals surface area contributed by atoms with E-state index in [0.29, 0.717) is 0 Å². The highest BCUT2D eigenvalue weighted by Crippen LogP contribution is 2.63. The molecule has 1 atom stereocenters. The van der Waals surface area contributed by atoms with Crippen molar-refractivity contribution in [1.82, 2.24) is 0 Å². The molecule has 0 fully saturated rings. The van der Waals surface area contributed by atoms with E-state index in [0.717, 1.165) is 0 Å². The smallest absolute Gasteiger partial charge is 0.0215 e. The fourth-order valence-corrected chi connectivity index (χ4v) is 24.2. The molecule has 0 radical (unpaired) electrons. The van der Waals surface area contributed by atoms with Crippen LogP contribution in [-0.2, 0) is 27.1 Å². The molecule has 1 unspecified atom stereocenters. The van der Waals surface area contributed by atoms with E-state index in [9.17, 15) is 0 Å². The van der Waals surface area contributed by atoms with Gasteiger partial charge in [-0.3, -0.25) is 0 Å². The van der Waals surface area contributed by atoms with Crippen molar-refractivity contribution < 1.29 is 0 Å². The molecule has 0 aliphatic heterocycles. The zero-order valence-electron chi connectivity index (χ0n) is 76.5. The summed E-state index contributed by atoms with van der Waals surface area (Å²) in [6.07, 6.45) is 35.4. The number of rotatable bonds is 33. The van der Waals surface area contributed by atoms with Crippen LogP contribution >= 0.6 is 0 Å². The van der Waals surface area contributed by atoms with Gasteiger partial charge in [0.25, 0.3) is 0 Å². The number of hydrogen-bond acceptors (Lipinski definition) is 0. The van der Waals surface area contributed by atoms with E-state index in [4.69, 9.17) is 0 Å². The van der Waals surface area contributed by atoms with E-state index in [1.165, 1.54) is 362 Å². The van der Waals surface area contributed by atoms with Crippen molar-refractivity contribution in [1.29, 1.82) is 0 Å². The summed E-state index contributed by atoms with van der Waals surface area (Å²) in [6.45, 7) is 33.6. The van der Waals surface area contributed by atoms with E-state index in [1.807, 2.05) is 0 Å². The molecule has 13 aromatic rings. The van der Waals surface area contributed by atoms with Gasteiger partial charge in [0.1, 0.15) is 0 Å². The maximum Gasteiger partial charge on any atom is 0.0215 e. The van der Waals surface area contributed by atoms with E-state index in [1.54, 1.807) is 22.3 Å². The van der Waals surface area contributed by atoms with Gasteiger partial charge in [0.05, 0.1) is 0 Å². The molecule has 18 rings (SSSR count). The van der Waals surface area contributed by atoms with Gasteiger partial charge in [0.2, 0.25) is 0 Å². The third-order valence-electron chi connectivity index (χ3n) is 31.2. The van der Waals surface area contributed by atoms with Gasteiger partial charge in [-0.15, -0.1) is 0 Å². The minimum atomic E-state index is -0.234. The highest BCUT2D eigenvalue weighted by atomic mass is 14.5. The summed E-state index contributed by atoms with van der Waals surface area (Å²) in [6, 6.07) is 92.8. The second kappa shape index (κ2) is 34.0. The standard InChI is InChI=1S/C122H134/c1-15-19-23-27-31-41-65-121(64-40-30-26-22-18-4)107-48-38-36-45-92(107)94-62-59-89(73-114(94)121)101-71-81(6)99(69-83(101)8)86-54-56-87(57-55-86)102-75-116-117(97-47-35-34-44-91(97)102)106-79-112-105(78-113(106)120(116,13)14)104-77-110-103(76-111(104)119(112,11)12)96-61-58-88(72-109(96)118(110,9)10)84-50-52-85(53-51-84)98-68-82(7)100(70-80(98)5)90-60-63-95-93-46-37-39-49-108(93)122(115(95)74-90,66-42-32-28-24-20-16-2)67-43-33-29-25-21-17-3/h34-39,44-63,68-79H,15-33,40-43,64-67H2,1-14H3. The summed E-state index contributed by atoms with van der Waals surface area (Å²) in [5, 5.41) is 2.65. The lowest BCUT2D eigenvalue weighted by Gasteiger charge is -2.33. The number of unbranched alkanes of at least 4 members (excludes halogenated alkanes) is 19. The maximum atomic E-state index is 2.64. The van der Waals surface area contributed by atoms with Gasteiger partial charge in [0, 0.05) is 27.1 Å². The molecule has 0 heteroatoms. The Balaban J connectivity index is 0.595.